The Bertz CT molecular complexity index is 1180. The molecule has 0 atom stereocenters. The average Bonchev–Trinajstić information content (AvgIpc) is 3.05. The molecule has 7 heteroatoms. The molecule has 0 spiro atoms. The van der Waals surface area contributed by atoms with Crippen molar-refractivity contribution in [3.8, 4) is 0 Å². The molecule has 0 unspecified atom stereocenters. The zero-order valence-corrected chi connectivity index (χ0v) is 18.5. The SMILES string of the molecule is CCCn1c(=O)n(CCC(=O)Nc2cccc(CN3CCCCC3=O)c2)c2ccccc21. The van der Waals surface area contributed by atoms with E-state index in [4.69, 9.17) is 0 Å². The number of aryl methyl sites for hydroxylation is 2. The van der Waals surface area contributed by atoms with Crippen LogP contribution in [0.4, 0.5) is 5.69 Å². The lowest BCUT2D eigenvalue weighted by Gasteiger charge is -2.26. The molecule has 0 radical (unpaired) electrons. The monoisotopic (exact) mass is 434 g/mol. The highest BCUT2D eigenvalue weighted by atomic mass is 16.2. The van der Waals surface area contributed by atoms with Gasteiger partial charge in [-0.3, -0.25) is 18.7 Å². The van der Waals surface area contributed by atoms with Crippen molar-refractivity contribution in [3.05, 3.63) is 64.6 Å². The second-order valence-electron chi connectivity index (χ2n) is 8.35. The fourth-order valence-corrected chi connectivity index (χ4v) is 4.36. The van der Waals surface area contributed by atoms with Gasteiger partial charge in [0.25, 0.3) is 0 Å². The predicted molar refractivity (Wildman–Crippen MR) is 125 cm³/mol. The van der Waals surface area contributed by atoms with Crippen LogP contribution in [0.3, 0.4) is 0 Å². The van der Waals surface area contributed by atoms with E-state index in [9.17, 15) is 14.4 Å². The van der Waals surface area contributed by atoms with Crippen LogP contribution in [0.2, 0.25) is 0 Å². The number of fused-ring (bicyclic) bond motifs is 1. The van der Waals surface area contributed by atoms with E-state index in [0.717, 1.165) is 42.4 Å². The highest BCUT2D eigenvalue weighted by molar-refractivity contribution is 5.90. The van der Waals surface area contributed by atoms with E-state index in [1.54, 1.807) is 9.13 Å². The van der Waals surface area contributed by atoms with Crippen LogP contribution >= 0.6 is 0 Å². The number of para-hydroxylation sites is 2. The molecule has 2 amide bonds. The lowest BCUT2D eigenvalue weighted by Crippen LogP contribution is -2.34. The smallest absolute Gasteiger partial charge is 0.329 e. The van der Waals surface area contributed by atoms with Gasteiger partial charge in [-0.25, -0.2) is 4.79 Å². The number of hydrogen-bond acceptors (Lipinski definition) is 3. The van der Waals surface area contributed by atoms with Crippen LogP contribution in [-0.4, -0.2) is 32.4 Å². The van der Waals surface area contributed by atoms with Crippen molar-refractivity contribution in [3.63, 3.8) is 0 Å². The third-order valence-electron chi connectivity index (χ3n) is 5.94. The fourth-order valence-electron chi connectivity index (χ4n) is 4.36. The van der Waals surface area contributed by atoms with Gasteiger partial charge in [0.1, 0.15) is 0 Å². The standard InChI is InChI=1S/C25H30N4O3/c1-2-14-28-21-10-3-4-11-22(21)29(25(28)32)16-13-23(30)26-20-9-7-8-19(17-20)18-27-15-6-5-12-24(27)31/h3-4,7-11,17H,2,5-6,12-16,18H2,1H3,(H,26,30). The third kappa shape index (κ3) is 4.77. The molecule has 0 saturated carbocycles. The van der Waals surface area contributed by atoms with Crippen molar-refractivity contribution >= 4 is 28.5 Å². The summed E-state index contributed by atoms with van der Waals surface area (Å²) >= 11 is 0. The van der Waals surface area contributed by atoms with Crippen LogP contribution in [-0.2, 0) is 29.2 Å². The molecular formula is C25H30N4O3. The molecule has 0 aliphatic carbocycles. The Hall–Kier alpha value is -3.35. The number of amides is 2. The molecule has 32 heavy (non-hydrogen) atoms. The first-order chi connectivity index (χ1) is 15.6. The summed E-state index contributed by atoms with van der Waals surface area (Å²) in [6, 6.07) is 15.3. The molecule has 1 fully saturated rings. The van der Waals surface area contributed by atoms with Crippen LogP contribution in [0.25, 0.3) is 11.0 Å². The summed E-state index contributed by atoms with van der Waals surface area (Å²) in [5.41, 5.74) is 3.38. The summed E-state index contributed by atoms with van der Waals surface area (Å²) in [5, 5.41) is 2.94. The van der Waals surface area contributed by atoms with Crippen LogP contribution in [0.15, 0.2) is 53.3 Å². The lowest BCUT2D eigenvalue weighted by atomic mass is 10.1. The van der Waals surface area contributed by atoms with Crippen molar-refractivity contribution in [2.45, 2.75) is 58.7 Å². The number of carbonyl (C=O) groups excluding carboxylic acids is 2. The Morgan fingerprint density at radius 1 is 0.969 bits per heavy atom. The number of nitrogens with zero attached hydrogens (tertiary/aromatic N) is 3. The molecule has 7 nitrogen and oxygen atoms in total. The van der Waals surface area contributed by atoms with Gasteiger partial charge < -0.3 is 10.2 Å². The quantitative estimate of drug-likeness (QED) is 0.587. The largest absolute Gasteiger partial charge is 0.338 e. The summed E-state index contributed by atoms with van der Waals surface area (Å²) in [7, 11) is 0. The van der Waals surface area contributed by atoms with Gasteiger partial charge in [0.15, 0.2) is 0 Å². The first-order valence-corrected chi connectivity index (χ1v) is 11.4. The Kier molecular flexibility index (Phi) is 6.73. The molecule has 168 valence electrons. The number of piperidine rings is 1. The van der Waals surface area contributed by atoms with Crippen LogP contribution in [0.1, 0.15) is 44.6 Å². The highest BCUT2D eigenvalue weighted by Gasteiger charge is 2.18. The number of hydrogen-bond donors (Lipinski definition) is 1. The van der Waals surface area contributed by atoms with Crippen molar-refractivity contribution in [1.82, 2.24) is 14.0 Å². The summed E-state index contributed by atoms with van der Waals surface area (Å²) in [5.74, 6) is 0.0498. The minimum absolute atomic E-state index is 0.0750. The Morgan fingerprint density at radius 2 is 1.72 bits per heavy atom. The minimum Gasteiger partial charge on any atom is -0.338 e. The minimum atomic E-state index is -0.143. The molecule has 1 aliphatic rings. The number of likely N-dealkylation sites (tertiary alicyclic amines) is 1. The first-order valence-electron chi connectivity index (χ1n) is 11.4. The number of anilines is 1. The van der Waals surface area contributed by atoms with Gasteiger partial charge in [-0.15, -0.1) is 0 Å². The van der Waals surface area contributed by atoms with Crippen molar-refractivity contribution < 1.29 is 9.59 Å². The van der Waals surface area contributed by atoms with Crippen molar-refractivity contribution in [2.75, 3.05) is 11.9 Å². The molecule has 1 aromatic heterocycles. The van der Waals surface area contributed by atoms with E-state index in [2.05, 4.69) is 5.32 Å². The fraction of sp³-hybridized carbons (Fsp3) is 0.400. The average molecular weight is 435 g/mol. The number of imidazole rings is 1. The molecule has 1 N–H and O–H groups in total. The zero-order valence-electron chi connectivity index (χ0n) is 18.5. The summed E-state index contributed by atoms with van der Waals surface area (Å²) in [6.07, 6.45) is 3.69. The molecule has 1 aliphatic heterocycles. The maximum absolute atomic E-state index is 12.9. The molecule has 1 saturated heterocycles. The molecule has 0 bridgehead atoms. The topological polar surface area (TPSA) is 76.3 Å². The maximum Gasteiger partial charge on any atom is 0.329 e. The Labute approximate surface area is 187 Å². The van der Waals surface area contributed by atoms with Gasteiger partial charge >= 0.3 is 5.69 Å². The number of nitrogens with one attached hydrogen (secondary N) is 1. The van der Waals surface area contributed by atoms with E-state index in [1.165, 1.54) is 0 Å². The second kappa shape index (κ2) is 9.85. The van der Waals surface area contributed by atoms with Gasteiger partial charge in [-0.1, -0.05) is 31.2 Å². The zero-order chi connectivity index (χ0) is 22.5. The number of rotatable bonds is 8. The molecule has 4 rings (SSSR count). The van der Waals surface area contributed by atoms with E-state index >= 15 is 0 Å². The predicted octanol–water partition coefficient (Wildman–Crippen LogP) is 3.75. The lowest BCUT2D eigenvalue weighted by molar-refractivity contribution is -0.133. The summed E-state index contributed by atoms with van der Waals surface area (Å²) in [4.78, 5) is 39.4. The van der Waals surface area contributed by atoms with Gasteiger partial charge in [-0.2, -0.15) is 0 Å². The highest BCUT2D eigenvalue weighted by Crippen LogP contribution is 2.18. The Balaban J connectivity index is 1.41. The van der Waals surface area contributed by atoms with Crippen LogP contribution < -0.4 is 11.0 Å². The summed E-state index contributed by atoms with van der Waals surface area (Å²) < 4.78 is 3.46. The van der Waals surface area contributed by atoms with Gasteiger partial charge in [-0.05, 0) is 49.1 Å². The van der Waals surface area contributed by atoms with Gasteiger partial charge in [0.05, 0.1) is 11.0 Å². The van der Waals surface area contributed by atoms with Crippen LogP contribution in [0.5, 0.6) is 0 Å². The number of benzene rings is 2. The maximum atomic E-state index is 12.9. The second-order valence-corrected chi connectivity index (χ2v) is 8.35. The van der Waals surface area contributed by atoms with Crippen LogP contribution in [0, 0.1) is 0 Å². The molecule has 3 aromatic rings. The first kappa shape index (κ1) is 21.9. The van der Waals surface area contributed by atoms with Gasteiger partial charge in [0, 0.05) is 44.7 Å². The summed E-state index contributed by atoms with van der Waals surface area (Å²) in [6.45, 7) is 4.38. The number of carbonyl (C=O) groups is 2. The van der Waals surface area contributed by atoms with E-state index < -0.39 is 0 Å². The van der Waals surface area contributed by atoms with Gasteiger partial charge in [0.2, 0.25) is 11.8 Å². The molecule has 2 aromatic carbocycles. The Morgan fingerprint density at radius 3 is 2.44 bits per heavy atom. The third-order valence-corrected chi connectivity index (χ3v) is 5.94. The van der Waals surface area contributed by atoms with Crippen molar-refractivity contribution in [2.24, 2.45) is 0 Å². The normalized spacial score (nSPS) is 14.2. The van der Waals surface area contributed by atoms with Crippen molar-refractivity contribution in [1.29, 1.82) is 0 Å². The van der Waals surface area contributed by atoms with E-state index in [1.807, 2.05) is 60.4 Å². The molecule has 2 heterocycles. The van der Waals surface area contributed by atoms with E-state index in [0.29, 0.717) is 31.7 Å². The molecular weight excluding hydrogens is 404 g/mol. The van der Waals surface area contributed by atoms with E-state index in [-0.39, 0.29) is 23.9 Å². The number of aromatic nitrogens is 2.